The Kier molecular flexibility index (Phi) is 5.67. The van der Waals surface area contributed by atoms with E-state index in [0.717, 1.165) is 59.6 Å². The van der Waals surface area contributed by atoms with Crippen LogP contribution in [0.25, 0.3) is 16.9 Å². The molecule has 1 aliphatic carbocycles. The van der Waals surface area contributed by atoms with Gasteiger partial charge in [-0.2, -0.15) is 0 Å². The number of ether oxygens (including phenoxy) is 2. The molecule has 0 radical (unpaired) electrons. The molecule has 2 aromatic heterocycles. The largest absolute Gasteiger partial charge is 0.489 e. The maximum absolute atomic E-state index is 6.05. The van der Waals surface area contributed by atoms with Crippen LogP contribution in [0.5, 0.6) is 5.75 Å². The van der Waals surface area contributed by atoms with Crippen LogP contribution in [-0.4, -0.2) is 27.6 Å². The molecule has 1 fully saturated rings. The highest BCUT2D eigenvalue weighted by atomic mass is 16.5. The number of rotatable bonds is 6. The molecule has 5 rings (SSSR count). The molecule has 0 spiro atoms. The molecule has 0 aliphatic heterocycles. The summed E-state index contributed by atoms with van der Waals surface area (Å²) in [6, 6.07) is 18.4. The first-order chi connectivity index (χ1) is 15.3. The maximum atomic E-state index is 6.05. The third-order valence-electron chi connectivity index (χ3n) is 6.21. The van der Waals surface area contributed by atoms with Crippen molar-refractivity contribution in [3.05, 3.63) is 84.4 Å². The van der Waals surface area contributed by atoms with E-state index < -0.39 is 0 Å². The first-order valence-corrected chi connectivity index (χ1v) is 10.9. The minimum atomic E-state index is 0.376. The molecule has 1 aliphatic rings. The summed E-state index contributed by atoms with van der Waals surface area (Å²) in [4.78, 5) is 9.50. The fourth-order valence-corrected chi connectivity index (χ4v) is 4.50. The van der Waals surface area contributed by atoms with Crippen LogP contribution in [0.3, 0.4) is 0 Å². The molecule has 1 saturated carbocycles. The second kappa shape index (κ2) is 8.90. The van der Waals surface area contributed by atoms with Crippen molar-refractivity contribution in [3.63, 3.8) is 0 Å². The number of methoxy groups -OCH3 is 1. The highest BCUT2D eigenvalue weighted by molar-refractivity contribution is 5.66. The van der Waals surface area contributed by atoms with E-state index in [1.807, 2.05) is 56.0 Å². The first kappa shape index (κ1) is 19.8. The van der Waals surface area contributed by atoms with E-state index in [2.05, 4.69) is 33.7 Å². The Bertz CT molecular complexity index is 1150. The van der Waals surface area contributed by atoms with Crippen LogP contribution in [0.4, 0.5) is 0 Å². The summed E-state index contributed by atoms with van der Waals surface area (Å²) in [5, 5.41) is 0. The van der Waals surface area contributed by atoms with Crippen molar-refractivity contribution in [2.45, 2.75) is 44.3 Å². The highest BCUT2D eigenvalue weighted by Crippen LogP contribution is 2.37. The van der Waals surface area contributed by atoms with E-state index in [1.54, 1.807) is 0 Å². The molecular weight excluding hydrogens is 386 g/mol. The van der Waals surface area contributed by atoms with Gasteiger partial charge in [0, 0.05) is 31.0 Å². The van der Waals surface area contributed by atoms with Crippen molar-refractivity contribution in [2.75, 3.05) is 7.11 Å². The predicted octanol–water partition coefficient (Wildman–Crippen LogP) is 5.65. The number of fused-ring (bicyclic) bond motifs is 1. The lowest BCUT2D eigenvalue weighted by Gasteiger charge is -2.26. The Hall–Kier alpha value is -3.18. The van der Waals surface area contributed by atoms with Crippen molar-refractivity contribution in [1.82, 2.24) is 14.4 Å². The van der Waals surface area contributed by atoms with Crippen LogP contribution in [-0.2, 0) is 11.3 Å². The first-order valence-electron chi connectivity index (χ1n) is 10.9. The predicted molar refractivity (Wildman–Crippen MR) is 121 cm³/mol. The normalized spacial score (nSPS) is 18.9. The second-order valence-electron chi connectivity index (χ2n) is 8.16. The lowest BCUT2D eigenvalue weighted by atomic mass is 9.85. The number of hydrogen-bond acceptors (Lipinski definition) is 4. The molecule has 0 amide bonds. The lowest BCUT2D eigenvalue weighted by Crippen LogP contribution is -2.19. The summed E-state index contributed by atoms with van der Waals surface area (Å²) < 4.78 is 13.8. The Morgan fingerprint density at radius 3 is 2.65 bits per heavy atom. The molecule has 0 unspecified atom stereocenters. The van der Waals surface area contributed by atoms with E-state index in [1.165, 1.54) is 0 Å². The summed E-state index contributed by atoms with van der Waals surface area (Å²) in [5.41, 5.74) is 4.44. The highest BCUT2D eigenvalue weighted by Gasteiger charge is 2.26. The van der Waals surface area contributed by atoms with E-state index in [9.17, 15) is 0 Å². The van der Waals surface area contributed by atoms with Crippen LogP contribution in [0.15, 0.2) is 73.2 Å². The van der Waals surface area contributed by atoms with Gasteiger partial charge in [0.05, 0.1) is 23.5 Å². The average molecular weight is 414 g/mol. The standard InChI is InChI=1S/C26H27N3O2/c1-30-22-12-10-20(11-13-22)25-24-17-27-14-15-29(24)26(28-25)21-8-5-9-23(16-21)31-18-19-6-3-2-4-7-19/h2-9,14-17,20,22H,10-13,18H2,1H3. The molecular formula is C26H27N3O2. The minimum absolute atomic E-state index is 0.376. The van der Waals surface area contributed by atoms with Gasteiger partial charge in [0.15, 0.2) is 0 Å². The van der Waals surface area contributed by atoms with E-state index in [4.69, 9.17) is 14.5 Å². The number of benzene rings is 2. The van der Waals surface area contributed by atoms with Crippen LogP contribution < -0.4 is 4.74 Å². The van der Waals surface area contributed by atoms with Crippen molar-refractivity contribution in [2.24, 2.45) is 0 Å². The molecule has 5 nitrogen and oxygen atoms in total. The molecule has 0 N–H and O–H groups in total. The molecule has 158 valence electrons. The van der Waals surface area contributed by atoms with E-state index >= 15 is 0 Å². The quantitative estimate of drug-likeness (QED) is 0.410. The molecule has 0 atom stereocenters. The second-order valence-corrected chi connectivity index (χ2v) is 8.16. The topological polar surface area (TPSA) is 48.7 Å². The molecule has 5 heteroatoms. The monoisotopic (exact) mass is 413 g/mol. The zero-order valence-electron chi connectivity index (χ0n) is 17.8. The van der Waals surface area contributed by atoms with Gasteiger partial charge in [0.2, 0.25) is 0 Å². The molecule has 0 saturated heterocycles. The van der Waals surface area contributed by atoms with Gasteiger partial charge in [0.25, 0.3) is 0 Å². The van der Waals surface area contributed by atoms with Crippen molar-refractivity contribution in [3.8, 4) is 17.1 Å². The van der Waals surface area contributed by atoms with Crippen molar-refractivity contribution < 1.29 is 9.47 Å². The third-order valence-corrected chi connectivity index (χ3v) is 6.21. The SMILES string of the molecule is COC1CCC(c2nc(-c3cccc(OCc4ccccc4)c3)n3ccncc23)CC1. The zero-order chi connectivity index (χ0) is 21.0. The Balaban J connectivity index is 1.44. The van der Waals surface area contributed by atoms with Crippen LogP contribution in [0.2, 0.25) is 0 Å². The molecule has 31 heavy (non-hydrogen) atoms. The number of aromatic nitrogens is 3. The average Bonchev–Trinajstić information content (AvgIpc) is 3.23. The summed E-state index contributed by atoms with van der Waals surface area (Å²) in [5.74, 6) is 2.22. The number of nitrogens with zero attached hydrogens (tertiary/aromatic N) is 3. The molecule has 2 aromatic carbocycles. The Labute approximate surface area is 182 Å². The van der Waals surface area contributed by atoms with Gasteiger partial charge < -0.3 is 9.47 Å². The van der Waals surface area contributed by atoms with Gasteiger partial charge in [-0.15, -0.1) is 0 Å². The van der Waals surface area contributed by atoms with E-state index in [0.29, 0.717) is 18.6 Å². The summed E-state index contributed by atoms with van der Waals surface area (Å²) in [6.07, 6.45) is 10.5. The van der Waals surface area contributed by atoms with Gasteiger partial charge in [0.1, 0.15) is 18.2 Å². The van der Waals surface area contributed by atoms with E-state index in [-0.39, 0.29) is 0 Å². The van der Waals surface area contributed by atoms with Gasteiger partial charge in [-0.1, -0.05) is 42.5 Å². The number of hydrogen-bond donors (Lipinski definition) is 0. The van der Waals surface area contributed by atoms with Crippen LogP contribution >= 0.6 is 0 Å². The van der Waals surface area contributed by atoms with Crippen LogP contribution in [0.1, 0.15) is 42.9 Å². The lowest BCUT2D eigenvalue weighted by molar-refractivity contribution is 0.0656. The van der Waals surface area contributed by atoms with Crippen molar-refractivity contribution in [1.29, 1.82) is 0 Å². The Morgan fingerprint density at radius 1 is 1.00 bits per heavy atom. The summed E-state index contributed by atoms with van der Waals surface area (Å²) in [7, 11) is 1.81. The summed E-state index contributed by atoms with van der Waals surface area (Å²) in [6.45, 7) is 0.546. The van der Waals surface area contributed by atoms with Crippen LogP contribution in [0, 0.1) is 0 Å². The molecule has 0 bridgehead atoms. The third kappa shape index (κ3) is 4.19. The minimum Gasteiger partial charge on any atom is -0.489 e. The number of imidazole rings is 1. The maximum Gasteiger partial charge on any atom is 0.145 e. The fourth-order valence-electron chi connectivity index (χ4n) is 4.50. The smallest absolute Gasteiger partial charge is 0.145 e. The fraction of sp³-hybridized carbons (Fsp3) is 0.308. The summed E-state index contributed by atoms with van der Waals surface area (Å²) >= 11 is 0. The van der Waals surface area contributed by atoms with Gasteiger partial charge in [-0.25, -0.2) is 4.98 Å². The van der Waals surface area contributed by atoms with Gasteiger partial charge in [-0.3, -0.25) is 9.38 Å². The molecule has 4 aromatic rings. The van der Waals surface area contributed by atoms with Crippen molar-refractivity contribution >= 4 is 5.52 Å². The Morgan fingerprint density at radius 2 is 1.84 bits per heavy atom. The zero-order valence-corrected chi connectivity index (χ0v) is 17.8. The van der Waals surface area contributed by atoms with Gasteiger partial charge in [-0.05, 0) is 43.4 Å². The van der Waals surface area contributed by atoms with Gasteiger partial charge >= 0.3 is 0 Å². The molecule has 2 heterocycles.